The van der Waals surface area contributed by atoms with Crippen molar-refractivity contribution in [3.8, 4) is 0 Å². The minimum atomic E-state index is 0.0365. The highest BCUT2D eigenvalue weighted by atomic mass is 79.9. The number of alkyl halides is 2. The molecule has 1 unspecified atom stereocenters. The van der Waals surface area contributed by atoms with E-state index in [2.05, 4.69) is 85.9 Å². The lowest BCUT2D eigenvalue weighted by atomic mass is 9.79. The summed E-state index contributed by atoms with van der Waals surface area (Å²) in [7, 11) is 0. The van der Waals surface area contributed by atoms with Crippen molar-refractivity contribution in [2.75, 3.05) is 10.7 Å². The van der Waals surface area contributed by atoms with Crippen molar-refractivity contribution in [3.63, 3.8) is 0 Å². The molecule has 20 heavy (non-hydrogen) atoms. The van der Waals surface area contributed by atoms with E-state index in [0.29, 0.717) is 6.10 Å². The molecule has 112 valence electrons. The minimum absolute atomic E-state index is 0.0365. The summed E-state index contributed by atoms with van der Waals surface area (Å²) in [6, 6.07) is 8.67. The first-order valence-corrected chi connectivity index (χ1v) is 10.0. The Morgan fingerprint density at radius 1 is 1.20 bits per heavy atom. The van der Waals surface area contributed by atoms with Gasteiger partial charge >= 0.3 is 0 Å². The molecule has 1 aromatic carbocycles. The molecule has 1 aliphatic heterocycles. The summed E-state index contributed by atoms with van der Waals surface area (Å²) in [5, 5.41) is 1.88. The van der Waals surface area contributed by atoms with Crippen LogP contribution in [0.15, 0.2) is 28.7 Å². The van der Waals surface area contributed by atoms with Crippen LogP contribution >= 0.6 is 47.8 Å². The standard InChI is InChI=1S/C16H21Br3O/c1-15(2)8-7-14(20-15)9-16(10-17,11-18)12-3-5-13(19)6-4-12/h3-6,14H,7-11H2,1-2H3. The van der Waals surface area contributed by atoms with Crippen LogP contribution in [0.3, 0.4) is 0 Å². The monoisotopic (exact) mass is 466 g/mol. The van der Waals surface area contributed by atoms with Crippen molar-refractivity contribution in [2.24, 2.45) is 0 Å². The smallest absolute Gasteiger partial charge is 0.0631 e. The molecule has 0 radical (unpaired) electrons. The molecule has 0 N–H and O–H groups in total. The van der Waals surface area contributed by atoms with Crippen LogP contribution in [0.5, 0.6) is 0 Å². The summed E-state index contributed by atoms with van der Waals surface area (Å²) in [4.78, 5) is 0. The SMILES string of the molecule is CC1(C)CCC(CC(CBr)(CBr)c2ccc(Br)cc2)O1. The van der Waals surface area contributed by atoms with Gasteiger partial charge in [-0.1, -0.05) is 59.9 Å². The molecular weight excluding hydrogens is 448 g/mol. The molecule has 1 fully saturated rings. The molecule has 1 atom stereocenters. The summed E-state index contributed by atoms with van der Waals surface area (Å²) < 4.78 is 7.32. The van der Waals surface area contributed by atoms with Gasteiger partial charge in [0.05, 0.1) is 11.7 Å². The summed E-state index contributed by atoms with van der Waals surface area (Å²) in [5.41, 5.74) is 1.49. The maximum Gasteiger partial charge on any atom is 0.0631 e. The van der Waals surface area contributed by atoms with E-state index in [1.807, 2.05) is 0 Å². The highest BCUT2D eigenvalue weighted by Crippen LogP contribution is 2.40. The van der Waals surface area contributed by atoms with E-state index < -0.39 is 0 Å². The van der Waals surface area contributed by atoms with E-state index >= 15 is 0 Å². The Morgan fingerprint density at radius 3 is 2.25 bits per heavy atom. The fourth-order valence-corrected chi connectivity index (χ4v) is 5.18. The van der Waals surface area contributed by atoms with Gasteiger partial charge in [0.15, 0.2) is 0 Å². The van der Waals surface area contributed by atoms with E-state index in [9.17, 15) is 0 Å². The molecular formula is C16H21Br3O. The van der Waals surface area contributed by atoms with Gasteiger partial charge in [-0.3, -0.25) is 0 Å². The van der Waals surface area contributed by atoms with Crippen LogP contribution in [-0.2, 0) is 10.2 Å². The summed E-state index contributed by atoms with van der Waals surface area (Å²) in [6.07, 6.45) is 3.71. The minimum Gasteiger partial charge on any atom is -0.372 e. The van der Waals surface area contributed by atoms with E-state index in [-0.39, 0.29) is 11.0 Å². The Morgan fingerprint density at radius 2 is 1.80 bits per heavy atom. The van der Waals surface area contributed by atoms with Crippen LogP contribution in [0, 0.1) is 0 Å². The molecule has 4 heteroatoms. The van der Waals surface area contributed by atoms with Crippen LogP contribution in [0.2, 0.25) is 0 Å². The molecule has 0 amide bonds. The summed E-state index contributed by atoms with van der Waals surface area (Å²) in [6.45, 7) is 4.38. The van der Waals surface area contributed by atoms with Gasteiger partial charge in [0.25, 0.3) is 0 Å². The number of halogens is 3. The number of hydrogen-bond acceptors (Lipinski definition) is 1. The third kappa shape index (κ3) is 3.88. The third-order valence-electron chi connectivity index (χ3n) is 4.14. The predicted octanol–water partition coefficient (Wildman–Crippen LogP) is 5.82. The van der Waals surface area contributed by atoms with Gasteiger partial charge in [0.2, 0.25) is 0 Å². The summed E-state index contributed by atoms with van der Waals surface area (Å²) in [5.74, 6) is 0. The fourth-order valence-electron chi connectivity index (χ4n) is 2.88. The molecule has 0 spiro atoms. The normalized spacial score (nSPS) is 22.1. The van der Waals surface area contributed by atoms with E-state index in [0.717, 1.165) is 34.4 Å². The Labute approximate surface area is 147 Å². The lowest BCUT2D eigenvalue weighted by Crippen LogP contribution is -2.35. The first-order chi connectivity index (χ1) is 9.41. The van der Waals surface area contributed by atoms with Crippen molar-refractivity contribution in [2.45, 2.75) is 50.2 Å². The van der Waals surface area contributed by atoms with Crippen molar-refractivity contribution < 1.29 is 4.74 Å². The molecule has 1 aromatic rings. The Bertz CT molecular complexity index is 438. The van der Waals surface area contributed by atoms with Crippen LogP contribution in [0.25, 0.3) is 0 Å². The van der Waals surface area contributed by atoms with Gasteiger partial charge < -0.3 is 4.74 Å². The molecule has 0 aromatic heterocycles. The van der Waals surface area contributed by atoms with E-state index in [4.69, 9.17) is 4.74 Å². The van der Waals surface area contributed by atoms with Gasteiger partial charge in [-0.25, -0.2) is 0 Å². The van der Waals surface area contributed by atoms with Crippen molar-refractivity contribution >= 4 is 47.8 Å². The van der Waals surface area contributed by atoms with E-state index in [1.165, 1.54) is 5.56 Å². The molecule has 2 rings (SSSR count). The quantitative estimate of drug-likeness (QED) is 0.494. The Kier molecular flexibility index (Phi) is 5.78. The second kappa shape index (κ2) is 6.80. The average Bonchev–Trinajstić information content (AvgIpc) is 2.76. The highest BCUT2D eigenvalue weighted by Gasteiger charge is 2.39. The first-order valence-electron chi connectivity index (χ1n) is 6.97. The topological polar surface area (TPSA) is 9.23 Å². The van der Waals surface area contributed by atoms with Gasteiger partial charge in [-0.15, -0.1) is 0 Å². The number of rotatable bonds is 5. The van der Waals surface area contributed by atoms with Gasteiger partial charge in [0, 0.05) is 20.5 Å². The molecule has 1 saturated heterocycles. The lowest BCUT2D eigenvalue weighted by Gasteiger charge is -2.34. The van der Waals surface area contributed by atoms with Crippen LogP contribution < -0.4 is 0 Å². The molecule has 0 saturated carbocycles. The third-order valence-corrected chi connectivity index (χ3v) is 6.82. The zero-order valence-corrected chi connectivity index (χ0v) is 16.7. The lowest BCUT2D eigenvalue weighted by molar-refractivity contribution is -0.0247. The highest BCUT2D eigenvalue weighted by molar-refractivity contribution is 9.10. The van der Waals surface area contributed by atoms with Crippen molar-refractivity contribution in [1.29, 1.82) is 0 Å². The van der Waals surface area contributed by atoms with Gasteiger partial charge in [-0.2, -0.15) is 0 Å². The van der Waals surface area contributed by atoms with Crippen LogP contribution in [0.1, 0.15) is 38.7 Å². The molecule has 1 nitrogen and oxygen atoms in total. The Balaban J connectivity index is 2.19. The van der Waals surface area contributed by atoms with Crippen molar-refractivity contribution in [3.05, 3.63) is 34.3 Å². The largest absolute Gasteiger partial charge is 0.372 e. The molecule has 1 aliphatic rings. The molecule has 1 heterocycles. The van der Waals surface area contributed by atoms with E-state index in [1.54, 1.807) is 0 Å². The van der Waals surface area contributed by atoms with Crippen LogP contribution in [0.4, 0.5) is 0 Å². The zero-order chi connectivity index (χ0) is 14.8. The zero-order valence-electron chi connectivity index (χ0n) is 12.0. The number of hydrogen-bond donors (Lipinski definition) is 0. The molecule has 0 aliphatic carbocycles. The Hall–Kier alpha value is 0.620. The first kappa shape index (κ1) is 17.0. The van der Waals surface area contributed by atoms with Crippen molar-refractivity contribution in [1.82, 2.24) is 0 Å². The van der Waals surface area contributed by atoms with Gasteiger partial charge in [0.1, 0.15) is 0 Å². The molecule has 0 bridgehead atoms. The average molecular weight is 469 g/mol. The fraction of sp³-hybridized carbons (Fsp3) is 0.625. The maximum atomic E-state index is 6.20. The maximum absolute atomic E-state index is 6.20. The second-order valence-electron chi connectivity index (χ2n) is 6.30. The number of benzene rings is 1. The van der Waals surface area contributed by atoms with Crippen LogP contribution in [-0.4, -0.2) is 22.4 Å². The number of ether oxygens (including phenoxy) is 1. The second-order valence-corrected chi connectivity index (χ2v) is 8.33. The summed E-state index contributed by atoms with van der Waals surface area (Å²) >= 11 is 11.0. The predicted molar refractivity (Wildman–Crippen MR) is 96.2 cm³/mol. The van der Waals surface area contributed by atoms with Gasteiger partial charge in [-0.05, 0) is 50.8 Å².